The van der Waals surface area contributed by atoms with E-state index in [1.165, 1.54) is 0 Å². The first kappa shape index (κ1) is 19.6. The molecule has 1 amide bonds. The lowest BCUT2D eigenvalue weighted by Crippen LogP contribution is -2.31. The lowest BCUT2D eigenvalue weighted by Gasteiger charge is -2.10. The molecule has 0 aliphatic heterocycles. The third kappa shape index (κ3) is 6.64. The van der Waals surface area contributed by atoms with Crippen molar-refractivity contribution in [3.05, 3.63) is 59.1 Å². The van der Waals surface area contributed by atoms with Crippen molar-refractivity contribution in [3.63, 3.8) is 0 Å². The van der Waals surface area contributed by atoms with Crippen LogP contribution in [0.2, 0.25) is 5.02 Å². The Morgan fingerprint density at radius 2 is 1.77 bits per heavy atom. The minimum atomic E-state index is -0.625. The minimum Gasteiger partial charge on any atom is -0.496 e. The Hall–Kier alpha value is -2.73. The molecule has 0 fully saturated rings. The van der Waals surface area contributed by atoms with Gasteiger partial charge in [-0.2, -0.15) is 0 Å². The zero-order valence-electron chi connectivity index (χ0n) is 14.4. The summed E-state index contributed by atoms with van der Waals surface area (Å²) in [6.45, 7) is -0.219. The molecule has 1 N–H and O–H groups in total. The highest BCUT2D eigenvalue weighted by Gasteiger charge is 2.09. The summed E-state index contributed by atoms with van der Waals surface area (Å²) in [5.74, 6) is 0.264. The van der Waals surface area contributed by atoms with Gasteiger partial charge in [0.2, 0.25) is 0 Å². The van der Waals surface area contributed by atoms with Gasteiger partial charge in [-0.3, -0.25) is 4.79 Å². The number of rotatable bonds is 9. The van der Waals surface area contributed by atoms with Crippen LogP contribution in [0.5, 0.6) is 11.5 Å². The van der Waals surface area contributed by atoms with Gasteiger partial charge in [0.25, 0.3) is 5.91 Å². The van der Waals surface area contributed by atoms with Crippen LogP contribution < -0.4 is 14.8 Å². The molecule has 138 valence electrons. The molecule has 0 atom stereocenters. The number of carbonyl (C=O) groups is 2. The van der Waals surface area contributed by atoms with Crippen LogP contribution in [0.15, 0.2) is 48.5 Å². The van der Waals surface area contributed by atoms with Gasteiger partial charge in [-0.05, 0) is 42.3 Å². The van der Waals surface area contributed by atoms with Gasteiger partial charge in [0.1, 0.15) is 11.5 Å². The number of nitrogens with one attached hydrogen (secondary N) is 1. The molecule has 0 aromatic heterocycles. The maximum atomic E-state index is 11.7. The highest BCUT2D eigenvalue weighted by molar-refractivity contribution is 6.30. The molecule has 0 aliphatic carbocycles. The average Bonchev–Trinajstić information content (AvgIpc) is 2.66. The number of carbonyl (C=O) groups excluding carboxylic acids is 2. The summed E-state index contributed by atoms with van der Waals surface area (Å²) >= 11 is 5.76. The monoisotopic (exact) mass is 377 g/mol. The van der Waals surface area contributed by atoms with E-state index in [9.17, 15) is 9.59 Å². The van der Waals surface area contributed by atoms with Gasteiger partial charge >= 0.3 is 5.97 Å². The molecular formula is C19H20ClNO5. The van der Waals surface area contributed by atoms with Gasteiger partial charge in [0.15, 0.2) is 13.2 Å². The van der Waals surface area contributed by atoms with Crippen molar-refractivity contribution in [3.8, 4) is 11.5 Å². The number of hydrogen-bond acceptors (Lipinski definition) is 5. The second-order valence-corrected chi connectivity index (χ2v) is 5.75. The maximum absolute atomic E-state index is 11.7. The molecule has 2 aromatic carbocycles. The van der Waals surface area contributed by atoms with Crippen molar-refractivity contribution in [2.24, 2.45) is 0 Å². The van der Waals surface area contributed by atoms with Crippen LogP contribution in [0.4, 0.5) is 0 Å². The van der Waals surface area contributed by atoms with E-state index in [1.54, 1.807) is 31.4 Å². The summed E-state index contributed by atoms with van der Waals surface area (Å²) < 4.78 is 15.4. The number of esters is 1. The largest absolute Gasteiger partial charge is 0.496 e. The molecule has 0 saturated heterocycles. The number of methoxy groups -OCH3 is 1. The Morgan fingerprint density at radius 1 is 1.04 bits per heavy atom. The third-order valence-corrected chi connectivity index (χ3v) is 3.70. The number of benzene rings is 2. The predicted octanol–water partition coefficient (Wildman–Crippen LogP) is 2.63. The number of amides is 1. The average molecular weight is 378 g/mol. The van der Waals surface area contributed by atoms with Crippen LogP contribution >= 0.6 is 11.6 Å². The minimum absolute atomic E-state index is 0.282. The quantitative estimate of drug-likeness (QED) is 0.680. The molecule has 0 aliphatic rings. The Morgan fingerprint density at radius 3 is 2.50 bits per heavy atom. The van der Waals surface area contributed by atoms with E-state index in [0.29, 0.717) is 23.7 Å². The van der Waals surface area contributed by atoms with Gasteiger partial charge in [-0.25, -0.2) is 4.79 Å². The predicted molar refractivity (Wildman–Crippen MR) is 97.6 cm³/mol. The van der Waals surface area contributed by atoms with E-state index in [2.05, 4.69) is 5.32 Å². The van der Waals surface area contributed by atoms with Crippen molar-refractivity contribution in [2.45, 2.75) is 6.42 Å². The van der Waals surface area contributed by atoms with E-state index >= 15 is 0 Å². The van der Waals surface area contributed by atoms with Crippen LogP contribution in [0.3, 0.4) is 0 Å². The lowest BCUT2D eigenvalue weighted by molar-refractivity contribution is -0.150. The summed E-state index contributed by atoms with van der Waals surface area (Å²) in [7, 11) is 1.60. The molecule has 6 nitrogen and oxygen atoms in total. The number of para-hydroxylation sites is 1. The van der Waals surface area contributed by atoms with Crippen molar-refractivity contribution in [1.29, 1.82) is 0 Å². The molecule has 26 heavy (non-hydrogen) atoms. The second kappa shape index (κ2) is 10.3. The van der Waals surface area contributed by atoms with Crippen LogP contribution in [-0.4, -0.2) is 38.7 Å². The molecule has 0 bridgehead atoms. The fourth-order valence-electron chi connectivity index (χ4n) is 2.16. The number of hydrogen-bond donors (Lipinski definition) is 1. The molecule has 0 spiro atoms. The number of ether oxygens (including phenoxy) is 3. The van der Waals surface area contributed by atoms with E-state index in [1.807, 2.05) is 24.3 Å². The molecule has 0 radical (unpaired) electrons. The van der Waals surface area contributed by atoms with E-state index < -0.39 is 5.97 Å². The van der Waals surface area contributed by atoms with E-state index in [-0.39, 0.29) is 19.1 Å². The molecule has 0 saturated carbocycles. The fourth-order valence-corrected chi connectivity index (χ4v) is 2.28. The molecular weight excluding hydrogens is 358 g/mol. The van der Waals surface area contributed by atoms with Crippen LogP contribution in [0.25, 0.3) is 0 Å². The summed E-state index contributed by atoms with van der Waals surface area (Å²) in [5, 5.41) is 3.26. The van der Waals surface area contributed by atoms with Crippen LogP contribution in [-0.2, 0) is 20.7 Å². The molecule has 7 heteroatoms. The van der Waals surface area contributed by atoms with Crippen LogP contribution in [0, 0.1) is 0 Å². The normalized spacial score (nSPS) is 10.1. The van der Waals surface area contributed by atoms with E-state index in [0.717, 1.165) is 11.3 Å². The van der Waals surface area contributed by atoms with Gasteiger partial charge in [-0.1, -0.05) is 29.8 Å². The van der Waals surface area contributed by atoms with Gasteiger partial charge in [0, 0.05) is 11.6 Å². The van der Waals surface area contributed by atoms with Crippen molar-refractivity contribution in [2.75, 3.05) is 26.9 Å². The Labute approximate surface area is 157 Å². The Kier molecular flexibility index (Phi) is 7.76. The van der Waals surface area contributed by atoms with Crippen molar-refractivity contribution >= 4 is 23.5 Å². The van der Waals surface area contributed by atoms with Gasteiger partial charge in [0.05, 0.1) is 7.11 Å². The summed E-state index contributed by atoms with van der Waals surface area (Å²) in [4.78, 5) is 23.3. The second-order valence-electron chi connectivity index (χ2n) is 5.32. The third-order valence-electron chi connectivity index (χ3n) is 3.44. The summed E-state index contributed by atoms with van der Waals surface area (Å²) in [6, 6.07) is 14.2. The van der Waals surface area contributed by atoms with Crippen LogP contribution in [0.1, 0.15) is 5.56 Å². The maximum Gasteiger partial charge on any atom is 0.344 e. The van der Waals surface area contributed by atoms with Gasteiger partial charge < -0.3 is 19.5 Å². The topological polar surface area (TPSA) is 73.9 Å². The SMILES string of the molecule is COc1ccccc1CCNC(=O)COC(=O)COc1ccc(Cl)cc1. The molecule has 2 rings (SSSR count). The molecule has 0 heterocycles. The molecule has 2 aromatic rings. The highest BCUT2D eigenvalue weighted by Crippen LogP contribution is 2.17. The Balaban J connectivity index is 1.63. The molecule has 0 unspecified atom stereocenters. The van der Waals surface area contributed by atoms with Crippen molar-refractivity contribution < 1.29 is 23.8 Å². The Bertz CT molecular complexity index is 733. The van der Waals surface area contributed by atoms with Crippen molar-refractivity contribution in [1.82, 2.24) is 5.32 Å². The fraction of sp³-hybridized carbons (Fsp3) is 0.263. The smallest absolute Gasteiger partial charge is 0.344 e. The highest BCUT2D eigenvalue weighted by atomic mass is 35.5. The zero-order valence-corrected chi connectivity index (χ0v) is 15.1. The summed E-state index contributed by atoms with van der Waals surface area (Å²) in [6.07, 6.45) is 0.614. The standard InChI is InChI=1S/C19H20ClNO5/c1-24-17-5-3-2-4-14(17)10-11-21-18(22)12-26-19(23)13-25-16-8-6-15(20)7-9-16/h2-9H,10-13H2,1H3,(H,21,22). The summed E-state index contributed by atoms with van der Waals surface area (Å²) in [5.41, 5.74) is 0.989. The first-order valence-corrected chi connectivity index (χ1v) is 8.39. The zero-order chi connectivity index (χ0) is 18.8. The van der Waals surface area contributed by atoms with Gasteiger partial charge in [-0.15, -0.1) is 0 Å². The van der Waals surface area contributed by atoms with E-state index in [4.69, 9.17) is 25.8 Å². The first-order valence-electron chi connectivity index (χ1n) is 8.01. The number of halogens is 1. The lowest BCUT2D eigenvalue weighted by atomic mass is 10.1. The first-order chi connectivity index (χ1) is 12.6.